The molecule has 3 heterocycles. The van der Waals surface area contributed by atoms with E-state index in [0.29, 0.717) is 18.8 Å². The van der Waals surface area contributed by atoms with Crippen LogP contribution in [0.3, 0.4) is 0 Å². The van der Waals surface area contributed by atoms with Crippen molar-refractivity contribution in [2.24, 2.45) is 0 Å². The number of ether oxygens (including phenoxy) is 3. The number of pyridine rings is 1. The van der Waals surface area contributed by atoms with Gasteiger partial charge in [-0.2, -0.15) is 0 Å². The number of fused-ring (bicyclic) bond motifs is 1. The van der Waals surface area contributed by atoms with Crippen LogP contribution in [0, 0.1) is 0 Å². The van der Waals surface area contributed by atoms with E-state index in [1.165, 1.54) is 23.9 Å². The maximum atomic E-state index is 12.0. The number of aliphatic hydroxyl groups is 2. The van der Waals surface area contributed by atoms with Gasteiger partial charge in [0.15, 0.2) is 6.23 Å². The van der Waals surface area contributed by atoms with Crippen molar-refractivity contribution in [2.75, 3.05) is 20.3 Å². The van der Waals surface area contributed by atoms with Crippen molar-refractivity contribution in [2.45, 2.75) is 30.5 Å². The van der Waals surface area contributed by atoms with Crippen LogP contribution in [0.4, 0.5) is 0 Å². The van der Waals surface area contributed by atoms with Gasteiger partial charge in [-0.15, -0.1) is 0 Å². The van der Waals surface area contributed by atoms with Crippen LogP contribution >= 0.6 is 0 Å². The molecule has 2 N–H and O–H groups in total. The first-order valence-corrected chi connectivity index (χ1v) is 6.46. The molecule has 110 valence electrons. The van der Waals surface area contributed by atoms with E-state index in [0.717, 1.165) is 0 Å². The van der Waals surface area contributed by atoms with Crippen LogP contribution in [0.15, 0.2) is 23.1 Å². The molecule has 1 aromatic rings. The standard InChI is InChI=1S/C13H17NO6/c1-18-8-2-4-14(9(16)6-8)12-10(17)11-13(7-15,20-12)3-5-19-11/h2,4,6,10-12,15,17H,3,5,7H2,1H3/t10?,11?,12-,13?/m1/s1. The molecule has 2 fully saturated rings. The Balaban J connectivity index is 1.94. The van der Waals surface area contributed by atoms with E-state index in [1.54, 1.807) is 6.07 Å². The van der Waals surface area contributed by atoms with Crippen LogP contribution < -0.4 is 10.3 Å². The molecule has 0 saturated carbocycles. The molecule has 0 aromatic carbocycles. The summed E-state index contributed by atoms with van der Waals surface area (Å²) in [5.74, 6) is 0.437. The van der Waals surface area contributed by atoms with Gasteiger partial charge in [0, 0.05) is 18.7 Å². The summed E-state index contributed by atoms with van der Waals surface area (Å²) in [5.41, 5.74) is -1.27. The van der Waals surface area contributed by atoms with Crippen LogP contribution in [-0.2, 0) is 9.47 Å². The fourth-order valence-corrected chi connectivity index (χ4v) is 2.88. The third-order valence-corrected chi connectivity index (χ3v) is 4.00. The number of hydrogen-bond acceptors (Lipinski definition) is 6. The number of aromatic nitrogens is 1. The monoisotopic (exact) mass is 283 g/mol. The average Bonchev–Trinajstić information content (AvgIpc) is 2.98. The lowest BCUT2D eigenvalue weighted by molar-refractivity contribution is -0.110. The summed E-state index contributed by atoms with van der Waals surface area (Å²) in [6.07, 6.45) is -0.499. The lowest BCUT2D eigenvalue weighted by Gasteiger charge is -2.24. The Kier molecular flexibility index (Phi) is 3.29. The average molecular weight is 283 g/mol. The van der Waals surface area contributed by atoms with E-state index in [1.807, 2.05) is 0 Å². The largest absolute Gasteiger partial charge is 0.497 e. The molecule has 2 saturated heterocycles. The molecule has 2 aliphatic heterocycles. The molecule has 3 unspecified atom stereocenters. The first-order chi connectivity index (χ1) is 9.61. The zero-order valence-corrected chi connectivity index (χ0v) is 11.1. The van der Waals surface area contributed by atoms with Crippen LogP contribution in [0.2, 0.25) is 0 Å². The van der Waals surface area contributed by atoms with Crippen molar-refractivity contribution in [3.63, 3.8) is 0 Å². The van der Waals surface area contributed by atoms with Gasteiger partial charge < -0.3 is 24.4 Å². The van der Waals surface area contributed by atoms with Gasteiger partial charge in [-0.05, 0) is 6.07 Å². The van der Waals surface area contributed by atoms with Crippen molar-refractivity contribution < 1.29 is 24.4 Å². The predicted molar refractivity (Wildman–Crippen MR) is 67.6 cm³/mol. The molecular formula is C13H17NO6. The normalized spacial score (nSPS) is 36.0. The molecule has 0 bridgehead atoms. The highest BCUT2D eigenvalue weighted by Crippen LogP contribution is 2.44. The Morgan fingerprint density at radius 2 is 2.40 bits per heavy atom. The van der Waals surface area contributed by atoms with Crippen molar-refractivity contribution in [3.05, 3.63) is 28.7 Å². The van der Waals surface area contributed by atoms with Crippen molar-refractivity contribution >= 4 is 0 Å². The summed E-state index contributed by atoms with van der Waals surface area (Å²) < 4.78 is 17.5. The lowest BCUT2D eigenvalue weighted by Crippen LogP contribution is -2.42. The lowest BCUT2D eigenvalue weighted by atomic mass is 9.95. The fourth-order valence-electron chi connectivity index (χ4n) is 2.88. The second kappa shape index (κ2) is 4.85. The van der Waals surface area contributed by atoms with Crippen LogP contribution in [0.25, 0.3) is 0 Å². The van der Waals surface area contributed by atoms with Crippen LogP contribution in [0.1, 0.15) is 12.6 Å². The first kappa shape index (κ1) is 13.6. The Morgan fingerprint density at radius 3 is 3.00 bits per heavy atom. The molecule has 0 spiro atoms. The van der Waals surface area contributed by atoms with Crippen molar-refractivity contribution in [3.8, 4) is 5.75 Å². The molecule has 0 amide bonds. The molecule has 4 atom stereocenters. The molecule has 2 aliphatic rings. The van der Waals surface area contributed by atoms with E-state index in [4.69, 9.17) is 14.2 Å². The number of nitrogens with zero attached hydrogens (tertiary/aromatic N) is 1. The third-order valence-electron chi connectivity index (χ3n) is 4.00. The van der Waals surface area contributed by atoms with E-state index < -0.39 is 24.0 Å². The third kappa shape index (κ3) is 1.86. The highest BCUT2D eigenvalue weighted by Gasteiger charge is 2.58. The maximum Gasteiger partial charge on any atom is 0.256 e. The predicted octanol–water partition coefficient (Wildman–Crippen LogP) is -0.733. The zero-order valence-electron chi connectivity index (χ0n) is 11.1. The Hall–Kier alpha value is -1.41. The van der Waals surface area contributed by atoms with Gasteiger partial charge in [-0.3, -0.25) is 9.36 Å². The van der Waals surface area contributed by atoms with Crippen LogP contribution in [0.5, 0.6) is 5.75 Å². The maximum absolute atomic E-state index is 12.0. The van der Waals surface area contributed by atoms with Gasteiger partial charge >= 0.3 is 0 Å². The van der Waals surface area contributed by atoms with E-state index in [-0.39, 0.29) is 12.2 Å². The second-order valence-electron chi connectivity index (χ2n) is 5.08. The highest BCUT2D eigenvalue weighted by atomic mass is 16.6. The molecule has 0 aliphatic carbocycles. The summed E-state index contributed by atoms with van der Waals surface area (Å²) >= 11 is 0. The zero-order chi connectivity index (χ0) is 14.3. The van der Waals surface area contributed by atoms with Gasteiger partial charge in [0.2, 0.25) is 0 Å². The van der Waals surface area contributed by atoms with Crippen molar-refractivity contribution in [1.82, 2.24) is 4.57 Å². The van der Waals surface area contributed by atoms with Crippen molar-refractivity contribution in [1.29, 1.82) is 0 Å². The Morgan fingerprint density at radius 1 is 1.60 bits per heavy atom. The number of methoxy groups -OCH3 is 1. The SMILES string of the molecule is COc1ccn([C@@H]2OC3(CO)CCOC3C2O)c(=O)c1. The minimum atomic E-state index is -1.00. The summed E-state index contributed by atoms with van der Waals surface area (Å²) in [5, 5.41) is 19.8. The summed E-state index contributed by atoms with van der Waals surface area (Å²) in [7, 11) is 1.47. The molecule has 3 rings (SSSR count). The van der Waals surface area contributed by atoms with Gasteiger partial charge in [0.1, 0.15) is 23.6 Å². The van der Waals surface area contributed by atoms with Gasteiger partial charge in [-0.1, -0.05) is 0 Å². The minimum Gasteiger partial charge on any atom is -0.497 e. The second-order valence-corrected chi connectivity index (χ2v) is 5.08. The highest BCUT2D eigenvalue weighted by molar-refractivity contribution is 5.18. The van der Waals surface area contributed by atoms with E-state index in [9.17, 15) is 15.0 Å². The number of rotatable bonds is 3. The number of hydrogen-bond donors (Lipinski definition) is 2. The molecule has 7 heteroatoms. The molecule has 0 radical (unpaired) electrons. The first-order valence-electron chi connectivity index (χ1n) is 6.46. The van der Waals surface area contributed by atoms with Gasteiger partial charge in [0.05, 0.1) is 20.3 Å². The molecule has 1 aromatic heterocycles. The van der Waals surface area contributed by atoms with Gasteiger partial charge in [0.25, 0.3) is 5.56 Å². The molecular weight excluding hydrogens is 266 g/mol. The van der Waals surface area contributed by atoms with Gasteiger partial charge in [-0.25, -0.2) is 0 Å². The quantitative estimate of drug-likeness (QED) is 0.760. The fraction of sp³-hybridized carbons (Fsp3) is 0.615. The summed E-state index contributed by atoms with van der Waals surface area (Å²) in [6.45, 7) is 0.169. The Bertz CT molecular complexity index is 558. The summed E-state index contributed by atoms with van der Waals surface area (Å²) in [6, 6.07) is 2.93. The molecule has 20 heavy (non-hydrogen) atoms. The number of aliphatic hydroxyl groups excluding tert-OH is 2. The minimum absolute atomic E-state index is 0.254. The topological polar surface area (TPSA) is 90.2 Å². The summed E-state index contributed by atoms with van der Waals surface area (Å²) in [4.78, 5) is 12.0. The van der Waals surface area contributed by atoms with E-state index in [2.05, 4.69) is 0 Å². The molecule has 7 nitrogen and oxygen atoms in total. The van der Waals surface area contributed by atoms with Crippen LogP contribution in [-0.4, -0.2) is 52.9 Å². The Labute approximate surface area is 115 Å². The van der Waals surface area contributed by atoms with E-state index >= 15 is 0 Å². The smallest absolute Gasteiger partial charge is 0.256 e.